The van der Waals surface area contributed by atoms with Crippen molar-refractivity contribution in [2.45, 2.75) is 19.1 Å². The summed E-state index contributed by atoms with van der Waals surface area (Å²) in [6.45, 7) is -0.322. The van der Waals surface area contributed by atoms with Crippen molar-refractivity contribution < 1.29 is 17.6 Å². The number of alkyl halides is 3. The number of rotatable bonds is 2. The van der Waals surface area contributed by atoms with Crippen LogP contribution in [0, 0.1) is 5.82 Å². The number of anilines is 1. The van der Waals surface area contributed by atoms with Gasteiger partial charge in [0.05, 0.1) is 17.5 Å². The Morgan fingerprint density at radius 3 is 2.65 bits per heavy atom. The summed E-state index contributed by atoms with van der Waals surface area (Å²) in [6.07, 6.45) is -5.26. The fraction of sp³-hybridized carbons (Fsp3) is 0.300. The summed E-state index contributed by atoms with van der Waals surface area (Å²) >= 11 is 0. The van der Waals surface area contributed by atoms with Crippen molar-refractivity contribution >= 4 is 17.0 Å². The Balaban J connectivity index is 2.36. The number of fused-ring (bicyclic) bond motifs is 1. The summed E-state index contributed by atoms with van der Waals surface area (Å²) in [5, 5.41) is 0. The smallest absolute Gasteiger partial charge is 0.369 e. The Morgan fingerprint density at radius 2 is 2.00 bits per heavy atom. The fourth-order valence-corrected chi connectivity index (χ4v) is 1.60. The van der Waals surface area contributed by atoms with Gasteiger partial charge in [-0.25, -0.2) is 9.37 Å². The normalized spacial score (nSPS) is 12.2. The van der Waals surface area contributed by atoms with Crippen molar-refractivity contribution in [2.24, 2.45) is 0 Å². The summed E-state index contributed by atoms with van der Waals surface area (Å²) in [7, 11) is 0. The first-order valence-corrected chi connectivity index (χ1v) is 4.85. The quantitative estimate of drug-likeness (QED) is 0.829. The summed E-state index contributed by atoms with van der Waals surface area (Å²) < 4.78 is 50.4. The zero-order chi connectivity index (χ0) is 12.6. The largest absolute Gasteiger partial charge is 0.390 e. The number of nitrogens with two attached hydrogens (primary N) is 1. The minimum atomic E-state index is -4.26. The third-order valence-corrected chi connectivity index (χ3v) is 2.36. The molecule has 17 heavy (non-hydrogen) atoms. The Hall–Kier alpha value is -1.79. The van der Waals surface area contributed by atoms with E-state index >= 15 is 0 Å². The van der Waals surface area contributed by atoms with E-state index in [1.807, 2.05) is 0 Å². The van der Waals surface area contributed by atoms with Gasteiger partial charge in [-0.15, -0.1) is 0 Å². The van der Waals surface area contributed by atoms with E-state index in [2.05, 4.69) is 4.98 Å². The third kappa shape index (κ3) is 2.48. The second kappa shape index (κ2) is 3.90. The molecule has 0 atom stereocenters. The lowest BCUT2D eigenvalue weighted by Crippen LogP contribution is -2.13. The maximum atomic E-state index is 12.9. The first-order valence-electron chi connectivity index (χ1n) is 4.85. The molecule has 2 aromatic rings. The zero-order valence-corrected chi connectivity index (χ0v) is 8.63. The number of aryl methyl sites for hydroxylation is 1. The number of aromatic nitrogens is 2. The molecule has 1 aromatic heterocycles. The summed E-state index contributed by atoms with van der Waals surface area (Å²) in [6, 6.07) is 3.66. The van der Waals surface area contributed by atoms with Crippen LogP contribution in [0.2, 0.25) is 0 Å². The van der Waals surface area contributed by atoms with Gasteiger partial charge in [0.25, 0.3) is 0 Å². The van der Waals surface area contributed by atoms with Gasteiger partial charge >= 0.3 is 6.18 Å². The minimum Gasteiger partial charge on any atom is -0.369 e. The van der Waals surface area contributed by atoms with E-state index in [0.717, 1.165) is 12.1 Å². The number of benzene rings is 1. The van der Waals surface area contributed by atoms with Crippen molar-refractivity contribution in [2.75, 3.05) is 5.73 Å². The van der Waals surface area contributed by atoms with Gasteiger partial charge in [0, 0.05) is 12.6 Å². The SMILES string of the molecule is Nc1nc2cc(F)ccc2n1CCC(F)(F)F. The molecule has 0 spiro atoms. The highest BCUT2D eigenvalue weighted by atomic mass is 19.4. The molecule has 0 unspecified atom stereocenters. The minimum absolute atomic E-state index is 0.0464. The van der Waals surface area contributed by atoms with Gasteiger partial charge < -0.3 is 10.3 Å². The summed E-state index contributed by atoms with van der Waals surface area (Å²) in [5.74, 6) is -0.548. The van der Waals surface area contributed by atoms with Crippen molar-refractivity contribution in [1.82, 2.24) is 9.55 Å². The monoisotopic (exact) mass is 247 g/mol. The van der Waals surface area contributed by atoms with Crippen molar-refractivity contribution in [1.29, 1.82) is 0 Å². The molecule has 1 aromatic carbocycles. The van der Waals surface area contributed by atoms with Gasteiger partial charge in [0.15, 0.2) is 0 Å². The second-order valence-electron chi connectivity index (χ2n) is 3.62. The van der Waals surface area contributed by atoms with Crippen LogP contribution in [0.1, 0.15) is 6.42 Å². The van der Waals surface area contributed by atoms with Crippen molar-refractivity contribution in [3.05, 3.63) is 24.0 Å². The molecular formula is C10H9F4N3. The molecule has 1 heterocycles. The van der Waals surface area contributed by atoms with Crippen LogP contribution in [-0.4, -0.2) is 15.7 Å². The molecule has 2 rings (SSSR count). The Bertz CT molecular complexity index is 544. The van der Waals surface area contributed by atoms with Crippen LogP contribution in [0.4, 0.5) is 23.5 Å². The molecule has 3 nitrogen and oxygen atoms in total. The van der Waals surface area contributed by atoms with Gasteiger partial charge in [0.2, 0.25) is 5.95 Å². The van der Waals surface area contributed by atoms with E-state index in [0.29, 0.717) is 5.52 Å². The number of nitrogens with zero attached hydrogens (tertiary/aromatic N) is 2. The first-order chi connectivity index (χ1) is 7.87. The number of imidazole rings is 1. The fourth-order valence-electron chi connectivity index (χ4n) is 1.60. The number of hydrogen-bond acceptors (Lipinski definition) is 2. The predicted molar refractivity (Wildman–Crippen MR) is 54.8 cm³/mol. The molecule has 92 valence electrons. The predicted octanol–water partition coefficient (Wildman–Crippen LogP) is 2.71. The number of hydrogen-bond donors (Lipinski definition) is 1. The lowest BCUT2D eigenvalue weighted by Gasteiger charge is -2.08. The number of halogens is 4. The van der Waals surface area contributed by atoms with E-state index < -0.39 is 18.4 Å². The molecule has 2 N–H and O–H groups in total. The standard InChI is InChI=1S/C10H9F4N3/c11-6-1-2-8-7(5-6)16-9(15)17(8)4-3-10(12,13)14/h1-2,5H,3-4H2,(H2,15,16). The molecule has 0 radical (unpaired) electrons. The molecule has 0 bridgehead atoms. The van der Waals surface area contributed by atoms with Gasteiger partial charge in [-0.3, -0.25) is 0 Å². The molecule has 0 saturated carbocycles. The Labute approximate surface area is 93.8 Å². The topological polar surface area (TPSA) is 43.8 Å². The van der Waals surface area contributed by atoms with Crippen LogP contribution in [0.25, 0.3) is 11.0 Å². The van der Waals surface area contributed by atoms with Gasteiger partial charge in [-0.1, -0.05) is 0 Å². The Morgan fingerprint density at radius 1 is 1.29 bits per heavy atom. The van der Waals surface area contributed by atoms with E-state index in [4.69, 9.17) is 5.73 Å². The molecule has 0 aliphatic rings. The van der Waals surface area contributed by atoms with E-state index in [-0.39, 0.29) is 18.0 Å². The molecule has 0 amide bonds. The summed E-state index contributed by atoms with van der Waals surface area (Å²) in [4.78, 5) is 3.81. The number of nitrogen functional groups attached to an aromatic ring is 1. The molecule has 0 aliphatic heterocycles. The van der Waals surface area contributed by atoms with Crippen LogP contribution in [-0.2, 0) is 6.54 Å². The second-order valence-corrected chi connectivity index (χ2v) is 3.62. The van der Waals surface area contributed by atoms with E-state index in [9.17, 15) is 17.6 Å². The summed E-state index contributed by atoms with van der Waals surface area (Å²) in [5.41, 5.74) is 6.15. The third-order valence-electron chi connectivity index (χ3n) is 2.36. The van der Waals surface area contributed by atoms with Crippen LogP contribution >= 0.6 is 0 Å². The van der Waals surface area contributed by atoms with E-state index in [1.165, 1.54) is 10.6 Å². The van der Waals surface area contributed by atoms with Crippen LogP contribution < -0.4 is 5.73 Å². The van der Waals surface area contributed by atoms with Crippen LogP contribution in [0.15, 0.2) is 18.2 Å². The van der Waals surface area contributed by atoms with Gasteiger partial charge in [-0.05, 0) is 12.1 Å². The highest BCUT2D eigenvalue weighted by Crippen LogP contribution is 2.24. The highest BCUT2D eigenvalue weighted by Gasteiger charge is 2.27. The maximum Gasteiger partial charge on any atom is 0.390 e. The zero-order valence-electron chi connectivity index (χ0n) is 8.63. The highest BCUT2D eigenvalue weighted by molar-refractivity contribution is 5.78. The lowest BCUT2D eigenvalue weighted by molar-refractivity contribution is -0.136. The molecule has 7 heteroatoms. The van der Waals surface area contributed by atoms with Gasteiger partial charge in [0.1, 0.15) is 5.82 Å². The average Bonchev–Trinajstić information content (AvgIpc) is 2.48. The van der Waals surface area contributed by atoms with E-state index in [1.54, 1.807) is 0 Å². The maximum absolute atomic E-state index is 12.9. The van der Waals surface area contributed by atoms with Crippen molar-refractivity contribution in [3.63, 3.8) is 0 Å². The molecule has 0 fully saturated rings. The van der Waals surface area contributed by atoms with Crippen molar-refractivity contribution in [3.8, 4) is 0 Å². The molecule has 0 aliphatic carbocycles. The first kappa shape index (κ1) is 11.7. The van der Waals surface area contributed by atoms with Gasteiger partial charge in [-0.2, -0.15) is 13.2 Å². The molecular weight excluding hydrogens is 238 g/mol. The Kier molecular flexibility index (Phi) is 2.68. The average molecular weight is 247 g/mol. The van der Waals surface area contributed by atoms with Crippen LogP contribution in [0.5, 0.6) is 0 Å². The molecule has 0 saturated heterocycles. The van der Waals surface area contributed by atoms with Crippen LogP contribution in [0.3, 0.4) is 0 Å². The lowest BCUT2D eigenvalue weighted by atomic mass is 10.3.